The second-order valence-corrected chi connectivity index (χ2v) is 14.0. The van der Waals surface area contributed by atoms with Crippen molar-refractivity contribution >= 4 is 28.2 Å². The topological polar surface area (TPSA) is 43.4 Å². The average Bonchev–Trinajstić information content (AvgIpc) is 3.42. The zero-order chi connectivity index (χ0) is 33.2. The molecule has 3 heterocycles. The van der Waals surface area contributed by atoms with Crippen molar-refractivity contribution in [1.82, 2.24) is 0 Å². The molecule has 0 bridgehead atoms. The van der Waals surface area contributed by atoms with Crippen molar-refractivity contribution in [3.8, 4) is 22.6 Å². The van der Waals surface area contributed by atoms with Gasteiger partial charge < -0.3 is 28.7 Å². The van der Waals surface area contributed by atoms with Gasteiger partial charge in [0.25, 0.3) is 0 Å². The van der Waals surface area contributed by atoms with E-state index in [1.807, 2.05) is 12.1 Å². The van der Waals surface area contributed by atoms with Gasteiger partial charge in [0.2, 0.25) is 0 Å². The molecule has 0 aromatic heterocycles. The Balaban J connectivity index is 1.27. The van der Waals surface area contributed by atoms with Crippen molar-refractivity contribution in [1.29, 1.82) is 0 Å². The highest BCUT2D eigenvalue weighted by atomic mass is 16.5. The summed E-state index contributed by atoms with van der Waals surface area (Å²) in [7, 11) is 1.71. The molecule has 0 N–H and O–H groups in total. The number of fused-ring (bicyclic) bond motifs is 8. The van der Waals surface area contributed by atoms with E-state index in [2.05, 4.69) is 115 Å². The lowest BCUT2D eigenvalue weighted by Crippen LogP contribution is -2.37. The van der Waals surface area contributed by atoms with Crippen LogP contribution < -0.4 is 19.3 Å². The minimum Gasteiger partial charge on any atom is -0.497 e. The molecule has 3 aliphatic heterocycles. The van der Waals surface area contributed by atoms with Crippen LogP contribution in [0.5, 0.6) is 11.5 Å². The van der Waals surface area contributed by atoms with E-state index in [-0.39, 0.29) is 5.41 Å². The van der Waals surface area contributed by atoms with Gasteiger partial charge in [-0.1, -0.05) is 74.5 Å². The van der Waals surface area contributed by atoms with Crippen LogP contribution in [0.25, 0.3) is 28.0 Å². The van der Waals surface area contributed by atoms with E-state index in [1.165, 1.54) is 39.0 Å². The molecule has 49 heavy (non-hydrogen) atoms. The van der Waals surface area contributed by atoms with Crippen molar-refractivity contribution in [2.45, 2.75) is 24.9 Å². The smallest absolute Gasteiger partial charge is 0.178 e. The zero-order valence-electron chi connectivity index (χ0n) is 28.5. The van der Waals surface area contributed by atoms with Crippen LogP contribution in [0.2, 0.25) is 0 Å². The number of nitrogens with zero attached hydrogens (tertiary/aromatic N) is 2. The molecule has 6 nitrogen and oxygen atoms in total. The van der Waals surface area contributed by atoms with Crippen LogP contribution in [0.15, 0.2) is 97.1 Å². The Hall–Kier alpha value is -4.78. The summed E-state index contributed by atoms with van der Waals surface area (Å²) in [5, 5.41) is 2.36. The molecule has 6 heteroatoms. The monoisotopic (exact) mass is 650 g/mol. The Morgan fingerprint density at radius 3 is 1.96 bits per heavy atom. The highest BCUT2D eigenvalue weighted by molar-refractivity contribution is 6.09. The number of hydrogen-bond donors (Lipinski definition) is 0. The molecule has 1 aliphatic carbocycles. The van der Waals surface area contributed by atoms with Crippen LogP contribution in [-0.4, -0.2) is 59.7 Å². The van der Waals surface area contributed by atoms with E-state index >= 15 is 0 Å². The molecule has 0 amide bonds. The zero-order valence-corrected chi connectivity index (χ0v) is 28.5. The third kappa shape index (κ3) is 4.76. The highest BCUT2D eigenvalue weighted by Gasteiger charge is 2.44. The Kier molecular flexibility index (Phi) is 7.22. The summed E-state index contributed by atoms with van der Waals surface area (Å²) in [6.07, 6.45) is 4.62. The van der Waals surface area contributed by atoms with Gasteiger partial charge in [-0.3, -0.25) is 0 Å². The number of ether oxygens (including phenoxy) is 4. The van der Waals surface area contributed by atoms with E-state index in [4.69, 9.17) is 18.9 Å². The standard InChI is InChI=1S/C43H42N2O4/c1-42(2)38-7-5-4-6-35(38)39-34-17-14-32(45-22-26-48-27-23-45)28-37(34)41-36(40(39)42)18-19-43(49-41,30-10-15-33(46-3)16-11-30)29-8-12-31(13-9-29)44-20-24-47-25-21-44/h4-19,28H,20-27H2,1-3H3. The summed E-state index contributed by atoms with van der Waals surface area (Å²) in [5.74, 6) is 1.75. The van der Waals surface area contributed by atoms with Crippen LogP contribution in [0.4, 0.5) is 11.4 Å². The molecule has 1 atom stereocenters. The van der Waals surface area contributed by atoms with Gasteiger partial charge in [-0.2, -0.15) is 0 Å². The maximum atomic E-state index is 7.62. The van der Waals surface area contributed by atoms with Crippen molar-refractivity contribution in [3.63, 3.8) is 0 Å². The molecule has 0 radical (unpaired) electrons. The lowest BCUT2D eigenvalue weighted by atomic mass is 9.76. The quantitative estimate of drug-likeness (QED) is 0.191. The molecule has 0 saturated carbocycles. The van der Waals surface area contributed by atoms with Gasteiger partial charge in [0.05, 0.1) is 33.5 Å². The number of benzene rings is 5. The third-order valence-corrected chi connectivity index (χ3v) is 11.1. The fraction of sp³-hybridized carbons (Fsp3) is 0.302. The van der Waals surface area contributed by atoms with Gasteiger partial charge in [-0.25, -0.2) is 0 Å². The lowest BCUT2D eigenvalue weighted by Gasteiger charge is -2.39. The molecule has 4 aliphatic rings. The van der Waals surface area contributed by atoms with Gasteiger partial charge in [0.15, 0.2) is 5.60 Å². The molecule has 9 rings (SSSR count). The summed E-state index contributed by atoms with van der Waals surface area (Å²) >= 11 is 0. The van der Waals surface area contributed by atoms with Crippen molar-refractivity contribution in [3.05, 3.63) is 125 Å². The van der Waals surface area contributed by atoms with Crippen molar-refractivity contribution in [2.75, 3.05) is 69.5 Å². The van der Waals surface area contributed by atoms with Gasteiger partial charge in [-0.15, -0.1) is 0 Å². The molecule has 5 aromatic carbocycles. The van der Waals surface area contributed by atoms with Gasteiger partial charge >= 0.3 is 0 Å². The predicted octanol–water partition coefficient (Wildman–Crippen LogP) is 8.18. The largest absolute Gasteiger partial charge is 0.497 e. The fourth-order valence-electron chi connectivity index (χ4n) is 8.52. The minimum absolute atomic E-state index is 0.194. The first kappa shape index (κ1) is 30.3. The second-order valence-electron chi connectivity index (χ2n) is 14.0. The molecular formula is C43H42N2O4. The minimum atomic E-state index is -0.853. The van der Waals surface area contributed by atoms with Crippen LogP contribution >= 0.6 is 0 Å². The second kappa shape index (κ2) is 11.7. The van der Waals surface area contributed by atoms with E-state index < -0.39 is 5.60 Å². The Morgan fingerprint density at radius 1 is 0.673 bits per heavy atom. The Bertz CT molecular complexity index is 2070. The van der Waals surface area contributed by atoms with Gasteiger partial charge in [-0.05, 0) is 70.1 Å². The third-order valence-electron chi connectivity index (χ3n) is 11.1. The molecule has 1 unspecified atom stereocenters. The van der Waals surface area contributed by atoms with E-state index in [0.29, 0.717) is 0 Å². The summed E-state index contributed by atoms with van der Waals surface area (Å²) in [5.41, 5.74) is 9.98. The first-order chi connectivity index (χ1) is 24.0. The van der Waals surface area contributed by atoms with Crippen LogP contribution in [0.1, 0.15) is 41.7 Å². The van der Waals surface area contributed by atoms with Crippen molar-refractivity contribution in [2.24, 2.45) is 0 Å². The summed E-state index contributed by atoms with van der Waals surface area (Å²) < 4.78 is 24.5. The van der Waals surface area contributed by atoms with Crippen LogP contribution in [0, 0.1) is 0 Å². The first-order valence-corrected chi connectivity index (χ1v) is 17.5. The Morgan fingerprint density at radius 2 is 1.29 bits per heavy atom. The van der Waals surface area contributed by atoms with Crippen LogP contribution in [0.3, 0.4) is 0 Å². The number of hydrogen-bond acceptors (Lipinski definition) is 6. The molecule has 248 valence electrons. The highest BCUT2D eigenvalue weighted by Crippen LogP contribution is 2.58. The van der Waals surface area contributed by atoms with E-state index in [9.17, 15) is 0 Å². The summed E-state index contributed by atoms with van der Waals surface area (Å²) in [6, 6.07) is 33.1. The number of morpholine rings is 2. The number of anilines is 2. The number of rotatable bonds is 5. The molecule has 0 spiro atoms. The van der Waals surface area contributed by atoms with Crippen LogP contribution in [-0.2, 0) is 20.5 Å². The molecule has 2 fully saturated rings. The molecular weight excluding hydrogens is 608 g/mol. The van der Waals surface area contributed by atoms with Crippen molar-refractivity contribution < 1.29 is 18.9 Å². The Labute approximate surface area is 288 Å². The normalized spacial score (nSPS) is 20.8. The van der Waals surface area contributed by atoms with Gasteiger partial charge in [0, 0.05) is 65.0 Å². The molecule has 5 aromatic rings. The SMILES string of the molecule is COc1ccc(C2(c3ccc(N4CCOCC4)cc3)C=Cc3c4c(c5ccc(N6CCOCC6)cc5c3O2)-c2ccccc2C4(C)C)cc1. The number of methoxy groups -OCH3 is 1. The summed E-state index contributed by atoms with van der Waals surface area (Å²) in [4.78, 5) is 4.82. The predicted molar refractivity (Wildman–Crippen MR) is 197 cm³/mol. The fourth-order valence-corrected chi connectivity index (χ4v) is 8.52. The van der Waals surface area contributed by atoms with E-state index in [0.717, 1.165) is 86.2 Å². The maximum absolute atomic E-state index is 7.62. The van der Waals surface area contributed by atoms with Gasteiger partial charge in [0.1, 0.15) is 11.5 Å². The lowest BCUT2D eigenvalue weighted by molar-refractivity contribution is 0.122. The summed E-state index contributed by atoms with van der Waals surface area (Å²) in [6.45, 7) is 11.2. The van der Waals surface area contributed by atoms with E-state index in [1.54, 1.807) is 7.11 Å². The average molecular weight is 651 g/mol. The maximum Gasteiger partial charge on any atom is 0.178 e. The first-order valence-electron chi connectivity index (χ1n) is 17.5. The molecule has 2 saturated heterocycles.